The molecule has 0 radical (unpaired) electrons. The maximum absolute atomic E-state index is 12.9. The lowest BCUT2D eigenvalue weighted by Crippen LogP contribution is -2.71. The van der Waals surface area contributed by atoms with Gasteiger partial charge in [0.15, 0.2) is 56.1 Å². The Morgan fingerprint density at radius 1 is 0.342 bits per heavy atom. The number of hydrogen-bond acceptors (Lipinski definition) is 31. The summed E-state index contributed by atoms with van der Waals surface area (Å²) in [4.78, 5) is 74.7. The number of carboxylic acid groups (broad SMARTS) is 3. The van der Waals surface area contributed by atoms with Crippen molar-refractivity contribution in [3.63, 3.8) is 0 Å². The Balaban J connectivity index is 1.25. The second kappa shape index (κ2) is 26.8. The third-order valence-corrected chi connectivity index (χ3v) is 13.5. The molecule has 6 fully saturated rings. The van der Waals surface area contributed by atoms with Crippen molar-refractivity contribution in [1.29, 1.82) is 0 Å². The van der Waals surface area contributed by atoms with E-state index in [0.717, 1.165) is 20.8 Å². The van der Waals surface area contributed by atoms with Crippen LogP contribution in [0, 0.1) is 0 Å². The monoisotopic (exact) mass is 1160 g/mol. The molecule has 20 N–H and O–H groups in total. The van der Waals surface area contributed by atoms with Gasteiger partial charge in [0.2, 0.25) is 17.7 Å². The maximum Gasteiger partial charge on any atom is 0.335 e. The van der Waals surface area contributed by atoms with E-state index in [1.807, 2.05) is 0 Å². The summed E-state index contributed by atoms with van der Waals surface area (Å²) in [7, 11) is 0. The van der Waals surface area contributed by atoms with E-state index in [1.165, 1.54) is 0 Å². The summed E-state index contributed by atoms with van der Waals surface area (Å²) in [5, 5.41) is 188. The van der Waals surface area contributed by atoms with Crippen LogP contribution >= 0.6 is 0 Å². The van der Waals surface area contributed by atoms with E-state index in [9.17, 15) is 116 Å². The molecular formula is C42H65N3O34. The molecule has 0 aromatic heterocycles. The number of carbonyl (C=O) groups excluding carboxylic acids is 3. The molecule has 0 saturated carbocycles. The standard InChI is InChI=1S/C42H65N3O34/c1-7(49)43-13-26(16(52)10(4-46)69-37(13)68)72-41-24(60)21(57)29(32(78-41)35(64)65)75-39-15(45-9(3)51)28(18(54)12(6-48)71-39)74-42-25(61)22(58)30(33(79-42)36(66)67)76-38-14(44-8(2)50)27(17(53)11(5-47)70-38)73-40-23(59)19(55)20(56)31(77-40)34(62)63/h10-33,37-42,46-48,52-61,68H,4-6H2,1-3H3,(H,43,49)(H,44,50)(H,45,51)(H,62,63)(H,64,65)(H,66,67)/t10-,11-,12-,13-,14-,15-,16+,17+,18+,19-,20-,21?,22+,23-,24-,25-,26+,27+,28+,29-,30-,31+,32+,33+,37?,38-,39-,40+,41+,42+/m0/s1. The molecule has 6 heterocycles. The summed E-state index contributed by atoms with van der Waals surface area (Å²) in [5.41, 5.74) is 0. The van der Waals surface area contributed by atoms with E-state index in [1.54, 1.807) is 0 Å². The van der Waals surface area contributed by atoms with Gasteiger partial charge in [0.25, 0.3) is 0 Å². The van der Waals surface area contributed by atoms with Crippen molar-refractivity contribution in [1.82, 2.24) is 16.0 Å². The molecule has 0 aromatic rings. The molecule has 37 nitrogen and oxygen atoms in total. The zero-order chi connectivity index (χ0) is 58.8. The Hall–Kier alpha value is -4.18. The summed E-state index contributed by atoms with van der Waals surface area (Å²) < 4.78 is 61.2. The van der Waals surface area contributed by atoms with Crippen molar-refractivity contribution in [2.24, 2.45) is 0 Å². The fourth-order valence-electron chi connectivity index (χ4n) is 9.64. The van der Waals surface area contributed by atoms with E-state index < -0.39 is 239 Å². The molecular weight excluding hydrogens is 1090 g/mol. The molecule has 6 rings (SSSR count). The quantitative estimate of drug-likeness (QED) is 0.0571. The van der Waals surface area contributed by atoms with Crippen LogP contribution in [0.3, 0.4) is 0 Å². The highest BCUT2D eigenvalue weighted by Gasteiger charge is 2.60. The number of aliphatic hydroxyl groups excluding tert-OH is 14. The lowest BCUT2D eigenvalue weighted by Gasteiger charge is -2.50. The molecule has 0 aromatic carbocycles. The first-order valence-electron chi connectivity index (χ1n) is 24.1. The average Bonchev–Trinajstić information content (AvgIpc) is 3.45. The SMILES string of the molecule is CC(=O)N[C@@H]1[C@H](O[C@H]2[C@H](O)[C@H](O)[C@H](O[C@H]3[C@H](O)[C@H](CO)O[C@@H](O[C@H]4C(O)[C@H](O)[C@H](O[C@H]5[C@H](O)[C@H](CO)OC(O)[C@H]5NC(C)=O)O[C@H]4C(=O)O)[C@H]3NC(C)=O)O[C@H]2C(=O)O)O[C@@H](CO)[C@@H](O)[C@@H]1O[C@@H]1O[C@@H](C(=O)O)[C@@H](O)[C@H](O)[C@@H]1O. The number of nitrogens with one attached hydrogen (secondary N) is 3. The number of amides is 3. The summed E-state index contributed by atoms with van der Waals surface area (Å²) in [6.07, 6.45) is -59.2. The molecule has 6 aliphatic rings. The van der Waals surface area contributed by atoms with Gasteiger partial charge in [-0.3, -0.25) is 14.4 Å². The molecule has 0 spiro atoms. The van der Waals surface area contributed by atoms with Crippen LogP contribution in [0.1, 0.15) is 20.8 Å². The summed E-state index contributed by atoms with van der Waals surface area (Å²) >= 11 is 0. The topological polar surface area (TPSA) is 584 Å². The molecule has 37 heteroatoms. The van der Waals surface area contributed by atoms with Crippen LogP contribution in [-0.2, 0) is 80.9 Å². The van der Waals surface area contributed by atoms with Crippen molar-refractivity contribution in [2.75, 3.05) is 19.8 Å². The smallest absolute Gasteiger partial charge is 0.335 e. The number of aliphatic carboxylic acids is 3. The molecule has 30 atom stereocenters. The van der Waals surface area contributed by atoms with Crippen molar-refractivity contribution in [3.05, 3.63) is 0 Å². The van der Waals surface area contributed by atoms with Crippen LogP contribution < -0.4 is 16.0 Å². The Kier molecular flexibility index (Phi) is 21.7. The van der Waals surface area contributed by atoms with Gasteiger partial charge in [-0.05, 0) is 0 Å². The Labute approximate surface area is 443 Å². The molecule has 2 unspecified atom stereocenters. The van der Waals surface area contributed by atoms with Gasteiger partial charge in [0.05, 0.1) is 19.8 Å². The van der Waals surface area contributed by atoms with Crippen molar-refractivity contribution < 1.29 is 168 Å². The lowest BCUT2D eigenvalue weighted by atomic mass is 9.93. The minimum atomic E-state index is -2.52. The van der Waals surface area contributed by atoms with E-state index in [4.69, 9.17) is 52.1 Å². The van der Waals surface area contributed by atoms with E-state index in [0.29, 0.717) is 0 Å². The highest BCUT2D eigenvalue weighted by Crippen LogP contribution is 2.37. The predicted octanol–water partition coefficient (Wildman–Crippen LogP) is -13.4. The van der Waals surface area contributed by atoms with Crippen LogP contribution in [-0.4, -0.2) is 326 Å². The molecule has 3 amide bonds. The number of carbonyl (C=O) groups is 6. The second-order valence-corrected chi connectivity index (χ2v) is 19.1. The summed E-state index contributed by atoms with van der Waals surface area (Å²) in [5.74, 6) is -8.58. The van der Waals surface area contributed by atoms with Crippen LogP contribution in [0.2, 0.25) is 0 Å². The largest absolute Gasteiger partial charge is 0.479 e. The first-order chi connectivity index (χ1) is 37.1. The third kappa shape index (κ3) is 13.8. The van der Waals surface area contributed by atoms with Gasteiger partial charge in [0.1, 0.15) is 128 Å². The fraction of sp³-hybridized carbons (Fsp3) is 0.857. The predicted molar refractivity (Wildman–Crippen MR) is 236 cm³/mol. The summed E-state index contributed by atoms with van der Waals surface area (Å²) in [6, 6.07) is -5.60. The van der Waals surface area contributed by atoms with Crippen LogP contribution in [0.25, 0.3) is 0 Å². The first-order valence-corrected chi connectivity index (χ1v) is 24.1. The van der Waals surface area contributed by atoms with Crippen LogP contribution in [0.15, 0.2) is 0 Å². The highest BCUT2D eigenvalue weighted by molar-refractivity contribution is 5.75. The normalized spacial score (nSPS) is 46.6. The number of aliphatic hydroxyl groups is 14. The van der Waals surface area contributed by atoms with Crippen molar-refractivity contribution in [3.8, 4) is 0 Å². The molecule has 79 heavy (non-hydrogen) atoms. The Bertz CT molecular complexity index is 2120. The second-order valence-electron chi connectivity index (χ2n) is 19.1. The van der Waals surface area contributed by atoms with Gasteiger partial charge in [-0.25, -0.2) is 14.4 Å². The number of rotatable bonds is 19. The van der Waals surface area contributed by atoms with Gasteiger partial charge in [-0.1, -0.05) is 0 Å². The molecule has 6 saturated heterocycles. The number of ether oxygens (including phenoxy) is 11. The molecule has 452 valence electrons. The third-order valence-electron chi connectivity index (χ3n) is 13.5. The van der Waals surface area contributed by atoms with Crippen LogP contribution in [0.4, 0.5) is 0 Å². The van der Waals surface area contributed by atoms with Crippen molar-refractivity contribution >= 4 is 35.6 Å². The maximum atomic E-state index is 12.9. The minimum Gasteiger partial charge on any atom is -0.479 e. The fourth-order valence-corrected chi connectivity index (χ4v) is 9.64. The van der Waals surface area contributed by atoms with Gasteiger partial charge in [0, 0.05) is 20.8 Å². The zero-order valence-corrected chi connectivity index (χ0v) is 41.5. The van der Waals surface area contributed by atoms with Gasteiger partial charge in [-0.2, -0.15) is 0 Å². The van der Waals surface area contributed by atoms with Gasteiger partial charge in [-0.15, -0.1) is 0 Å². The minimum absolute atomic E-state index is 0.806. The zero-order valence-electron chi connectivity index (χ0n) is 41.5. The van der Waals surface area contributed by atoms with E-state index in [2.05, 4.69) is 16.0 Å². The Morgan fingerprint density at radius 2 is 0.633 bits per heavy atom. The molecule has 0 aliphatic carbocycles. The van der Waals surface area contributed by atoms with Crippen LogP contribution in [0.5, 0.6) is 0 Å². The summed E-state index contributed by atoms with van der Waals surface area (Å²) in [6.45, 7) is -0.408. The molecule has 6 aliphatic heterocycles. The number of carboxylic acids is 3. The number of hydrogen-bond donors (Lipinski definition) is 20. The van der Waals surface area contributed by atoms with Gasteiger partial charge >= 0.3 is 17.9 Å². The first kappa shape index (κ1) is 64.0. The Morgan fingerprint density at radius 3 is 0.962 bits per heavy atom. The lowest BCUT2D eigenvalue weighted by molar-refractivity contribution is -0.377. The molecule has 0 bridgehead atoms. The van der Waals surface area contributed by atoms with Crippen molar-refractivity contribution in [2.45, 2.75) is 205 Å². The van der Waals surface area contributed by atoms with E-state index in [-0.39, 0.29) is 0 Å². The highest BCUT2D eigenvalue weighted by atomic mass is 16.8. The van der Waals surface area contributed by atoms with Gasteiger partial charge < -0.3 is 155 Å². The van der Waals surface area contributed by atoms with E-state index >= 15 is 0 Å². The average molecular weight is 1160 g/mol.